The zero-order valence-corrected chi connectivity index (χ0v) is 14.8. The van der Waals surface area contributed by atoms with Crippen LogP contribution in [0.4, 0.5) is 4.39 Å². The summed E-state index contributed by atoms with van der Waals surface area (Å²) >= 11 is 0. The maximum absolute atomic E-state index is 13.0. The number of aromatic nitrogens is 3. The molecule has 1 aliphatic heterocycles. The van der Waals surface area contributed by atoms with Gasteiger partial charge in [-0.25, -0.2) is 13.9 Å². The molecular formula is C18H23FN4O2. The Morgan fingerprint density at radius 1 is 1.20 bits per heavy atom. The number of carbonyl (C=O) groups excluding carboxylic acids is 1. The Bertz CT molecular complexity index is 815. The number of piperidine rings is 1. The molecule has 1 aromatic carbocycles. The smallest absolute Gasteiger partial charge is 0.339 e. The molecule has 134 valence electrons. The van der Waals surface area contributed by atoms with Crippen LogP contribution in [-0.2, 0) is 7.05 Å². The number of hydrogen-bond donors (Lipinski definition) is 0. The average Bonchev–Trinajstić information content (AvgIpc) is 2.90. The first-order valence-corrected chi connectivity index (χ1v) is 8.58. The second-order valence-electron chi connectivity index (χ2n) is 6.80. The number of hydrogen-bond acceptors (Lipinski definition) is 3. The fraction of sp³-hybridized carbons (Fsp3) is 0.500. The first-order chi connectivity index (χ1) is 11.9. The van der Waals surface area contributed by atoms with E-state index in [1.807, 2.05) is 13.8 Å². The van der Waals surface area contributed by atoms with Crippen molar-refractivity contribution >= 4 is 5.91 Å². The van der Waals surface area contributed by atoms with Crippen LogP contribution in [0.1, 0.15) is 54.8 Å². The standard InChI is InChI=1S/C18H23FN4O2/c1-12(2)23-16(20-21(3)18(23)25)13-8-10-22(11-9-13)17(24)14-4-6-15(19)7-5-14/h4-7,12-13H,8-11H2,1-3H3. The molecule has 7 heteroatoms. The molecule has 1 fully saturated rings. The third kappa shape index (κ3) is 3.36. The van der Waals surface area contributed by atoms with Gasteiger partial charge in [-0.1, -0.05) is 0 Å². The summed E-state index contributed by atoms with van der Waals surface area (Å²) in [4.78, 5) is 26.5. The summed E-state index contributed by atoms with van der Waals surface area (Å²) in [6.45, 7) is 5.15. The van der Waals surface area contributed by atoms with Gasteiger partial charge in [-0.3, -0.25) is 9.36 Å². The molecule has 0 aliphatic carbocycles. The lowest BCUT2D eigenvalue weighted by Gasteiger charge is -2.32. The predicted octanol–water partition coefficient (Wildman–Crippen LogP) is 2.32. The third-order valence-electron chi connectivity index (χ3n) is 4.74. The number of amides is 1. The van der Waals surface area contributed by atoms with Crippen molar-refractivity contribution in [2.45, 2.75) is 38.6 Å². The highest BCUT2D eigenvalue weighted by Crippen LogP contribution is 2.28. The van der Waals surface area contributed by atoms with E-state index in [-0.39, 0.29) is 29.4 Å². The minimum atomic E-state index is -0.350. The molecule has 1 aliphatic rings. The largest absolute Gasteiger partial charge is 0.345 e. The lowest BCUT2D eigenvalue weighted by Crippen LogP contribution is -2.38. The summed E-state index contributed by atoms with van der Waals surface area (Å²) in [7, 11) is 1.66. The van der Waals surface area contributed by atoms with Gasteiger partial charge in [0, 0.05) is 37.7 Å². The SMILES string of the molecule is CC(C)n1c(C2CCN(C(=O)c3ccc(F)cc3)CC2)nn(C)c1=O. The van der Waals surface area contributed by atoms with Crippen LogP contribution in [0, 0.1) is 5.82 Å². The van der Waals surface area contributed by atoms with E-state index in [0.29, 0.717) is 18.7 Å². The summed E-state index contributed by atoms with van der Waals surface area (Å²) in [5, 5.41) is 4.41. The quantitative estimate of drug-likeness (QED) is 0.857. The van der Waals surface area contributed by atoms with E-state index in [4.69, 9.17) is 0 Å². The molecule has 1 amide bonds. The first-order valence-electron chi connectivity index (χ1n) is 8.58. The number of halogens is 1. The maximum atomic E-state index is 13.0. The fourth-order valence-electron chi connectivity index (χ4n) is 3.38. The minimum absolute atomic E-state index is 0.0510. The Morgan fingerprint density at radius 3 is 2.36 bits per heavy atom. The number of benzene rings is 1. The Kier molecular flexibility index (Phi) is 4.74. The van der Waals surface area contributed by atoms with Crippen LogP contribution in [0.2, 0.25) is 0 Å². The lowest BCUT2D eigenvalue weighted by atomic mass is 9.95. The van der Waals surface area contributed by atoms with Gasteiger partial charge in [-0.15, -0.1) is 0 Å². The molecule has 0 radical (unpaired) electrons. The zero-order valence-electron chi connectivity index (χ0n) is 14.8. The number of rotatable bonds is 3. The lowest BCUT2D eigenvalue weighted by molar-refractivity contribution is 0.0709. The number of carbonyl (C=O) groups is 1. The number of likely N-dealkylation sites (tertiary alicyclic amines) is 1. The number of nitrogens with zero attached hydrogens (tertiary/aromatic N) is 4. The van der Waals surface area contributed by atoms with Crippen molar-refractivity contribution in [2.24, 2.45) is 7.05 Å². The molecule has 0 unspecified atom stereocenters. The van der Waals surface area contributed by atoms with Gasteiger partial charge in [0.1, 0.15) is 11.6 Å². The van der Waals surface area contributed by atoms with E-state index >= 15 is 0 Å². The molecule has 1 saturated heterocycles. The Morgan fingerprint density at radius 2 is 1.80 bits per heavy atom. The van der Waals surface area contributed by atoms with Gasteiger partial charge in [0.2, 0.25) is 0 Å². The second kappa shape index (κ2) is 6.82. The van der Waals surface area contributed by atoms with E-state index in [9.17, 15) is 14.0 Å². The summed E-state index contributed by atoms with van der Waals surface area (Å²) in [6.07, 6.45) is 1.52. The van der Waals surface area contributed by atoms with Gasteiger partial charge in [0.05, 0.1) is 0 Å². The van der Waals surface area contributed by atoms with Crippen molar-refractivity contribution in [3.8, 4) is 0 Å². The van der Waals surface area contributed by atoms with Crippen molar-refractivity contribution in [1.29, 1.82) is 0 Å². The van der Waals surface area contributed by atoms with Crippen molar-refractivity contribution in [3.63, 3.8) is 0 Å². The fourth-order valence-corrected chi connectivity index (χ4v) is 3.38. The molecule has 0 bridgehead atoms. The highest BCUT2D eigenvalue weighted by Gasteiger charge is 2.29. The van der Waals surface area contributed by atoms with E-state index in [2.05, 4.69) is 5.10 Å². The molecule has 0 saturated carbocycles. The van der Waals surface area contributed by atoms with Crippen molar-refractivity contribution in [1.82, 2.24) is 19.2 Å². The monoisotopic (exact) mass is 346 g/mol. The Hall–Kier alpha value is -2.44. The summed E-state index contributed by atoms with van der Waals surface area (Å²) in [5.41, 5.74) is 0.395. The highest BCUT2D eigenvalue weighted by molar-refractivity contribution is 5.94. The van der Waals surface area contributed by atoms with Gasteiger partial charge in [-0.05, 0) is 51.0 Å². The van der Waals surface area contributed by atoms with Crippen LogP contribution in [0.5, 0.6) is 0 Å². The Balaban J connectivity index is 1.72. The molecule has 2 heterocycles. The van der Waals surface area contributed by atoms with E-state index in [1.165, 1.54) is 28.9 Å². The van der Waals surface area contributed by atoms with Crippen molar-refractivity contribution in [2.75, 3.05) is 13.1 Å². The molecule has 6 nitrogen and oxygen atoms in total. The van der Waals surface area contributed by atoms with Gasteiger partial charge in [0.25, 0.3) is 5.91 Å². The van der Waals surface area contributed by atoms with Crippen LogP contribution in [0.3, 0.4) is 0 Å². The molecule has 0 atom stereocenters. The Labute approximate surface area is 145 Å². The molecule has 25 heavy (non-hydrogen) atoms. The van der Waals surface area contributed by atoms with Crippen molar-refractivity contribution < 1.29 is 9.18 Å². The molecule has 0 spiro atoms. The first kappa shape index (κ1) is 17.4. The zero-order chi connectivity index (χ0) is 18.1. The van der Waals surface area contributed by atoms with Crippen molar-refractivity contribution in [3.05, 3.63) is 52.0 Å². The molecular weight excluding hydrogens is 323 g/mol. The predicted molar refractivity (Wildman–Crippen MR) is 92.1 cm³/mol. The van der Waals surface area contributed by atoms with E-state index < -0.39 is 0 Å². The molecule has 2 aromatic rings. The van der Waals surface area contributed by atoms with Crippen LogP contribution in [-0.4, -0.2) is 38.2 Å². The minimum Gasteiger partial charge on any atom is -0.339 e. The van der Waals surface area contributed by atoms with Crippen LogP contribution < -0.4 is 5.69 Å². The van der Waals surface area contributed by atoms with Gasteiger partial charge >= 0.3 is 5.69 Å². The summed E-state index contributed by atoms with van der Waals surface area (Å²) in [5.74, 6) is 0.530. The second-order valence-corrected chi connectivity index (χ2v) is 6.80. The normalized spacial score (nSPS) is 15.8. The van der Waals surface area contributed by atoms with Gasteiger partial charge in [-0.2, -0.15) is 5.10 Å². The summed E-state index contributed by atoms with van der Waals surface area (Å²) in [6, 6.07) is 5.68. The van der Waals surface area contributed by atoms with Crippen LogP contribution >= 0.6 is 0 Å². The highest BCUT2D eigenvalue weighted by atomic mass is 19.1. The molecule has 0 N–H and O–H groups in total. The third-order valence-corrected chi connectivity index (χ3v) is 4.74. The van der Waals surface area contributed by atoms with Gasteiger partial charge < -0.3 is 4.90 Å². The number of aryl methyl sites for hydroxylation is 1. The van der Waals surface area contributed by atoms with E-state index in [1.54, 1.807) is 16.5 Å². The summed E-state index contributed by atoms with van der Waals surface area (Å²) < 4.78 is 16.1. The van der Waals surface area contributed by atoms with E-state index in [0.717, 1.165) is 18.7 Å². The molecule has 1 aromatic heterocycles. The maximum Gasteiger partial charge on any atom is 0.345 e. The average molecular weight is 346 g/mol. The van der Waals surface area contributed by atoms with Crippen LogP contribution in [0.25, 0.3) is 0 Å². The topological polar surface area (TPSA) is 60.1 Å². The van der Waals surface area contributed by atoms with Gasteiger partial charge in [0.15, 0.2) is 0 Å². The van der Waals surface area contributed by atoms with Crippen LogP contribution in [0.15, 0.2) is 29.1 Å². The molecule has 3 rings (SSSR count).